The molecule has 1 aromatic carbocycles. The van der Waals surface area contributed by atoms with Crippen molar-refractivity contribution in [3.05, 3.63) is 58.5 Å². The normalized spacial score (nSPS) is 10.3. The summed E-state index contributed by atoms with van der Waals surface area (Å²) in [6, 6.07) is 7.70. The standard InChI is InChI=1S/C13H14FN3O/c1-10-7-13(18)17(9-16-10)6-5-15-12-4-2-3-11(14)8-12/h2-4,7-9,15H,5-6H2,1H3. The van der Waals surface area contributed by atoms with Crippen LogP contribution in [0.4, 0.5) is 10.1 Å². The number of rotatable bonds is 4. The van der Waals surface area contributed by atoms with E-state index >= 15 is 0 Å². The molecule has 2 aromatic rings. The number of hydrogen-bond donors (Lipinski definition) is 1. The van der Waals surface area contributed by atoms with E-state index in [-0.39, 0.29) is 11.4 Å². The van der Waals surface area contributed by atoms with E-state index in [2.05, 4.69) is 10.3 Å². The van der Waals surface area contributed by atoms with Gasteiger partial charge < -0.3 is 5.32 Å². The predicted octanol–water partition coefficient (Wildman–Crippen LogP) is 1.80. The highest BCUT2D eigenvalue weighted by molar-refractivity contribution is 5.42. The Labute approximate surface area is 104 Å². The molecule has 1 N–H and O–H groups in total. The Bertz CT molecular complexity index is 595. The summed E-state index contributed by atoms with van der Waals surface area (Å²) in [7, 11) is 0. The van der Waals surface area contributed by atoms with Crippen LogP contribution in [-0.4, -0.2) is 16.1 Å². The molecule has 0 amide bonds. The molecule has 0 radical (unpaired) electrons. The largest absolute Gasteiger partial charge is 0.383 e. The summed E-state index contributed by atoms with van der Waals surface area (Å²) >= 11 is 0. The molecule has 1 heterocycles. The fourth-order valence-electron chi connectivity index (χ4n) is 1.60. The van der Waals surface area contributed by atoms with Crippen molar-refractivity contribution in [1.82, 2.24) is 9.55 Å². The smallest absolute Gasteiger partial charge is 0.253 e. The van der Waals surface area contributed by atoms with Crippen LogP contribution in [0.5, 0.6) is 0 Å². The van der Waals surface area contributed by atoms with E-state index in [1.807, 2.05) is 0 Å². The third-order valence-corrected chi connectivity index (χ3v) is 2.52. The van der Waals surface area contributed by atoms with E-state index in [4.69, 9.17) is 0 Å². The average molecular weight is 247 g/mol. The molecular weight excluding hydrogens is 233 g/mol. The van der Waals surface area contributed by atoms with Crippen molar-refractivity contribution in [3.8, 4) is 0 Å². The summed E-state index contributed by atoms with van der Waals surface area (Å²) in [6.07, 6.45) is 1.52. The number of halogens is 1. The molecular formula is C13H14FN3O. The van der Waals surface area contributed by atoms with Gasteiger partial charge in [0.25, 0.3) is 5.56 Å². The maximum absolute atomic E-state index is 12.9. The molecule has 94 valence electrons. The van der Waals surface area contributed by atoms with Crippen molar-refractivity contribution in [1.29, 1.82) is 0 Å². The van der Waals surface area contributed by atoms with Gasteiger partial charge in [-0.05, 0) is 25.1 Å². The zero-order valence-electron chi connectivity index (χ0n) is 10.1. The van der Waals surface area contributed by atoms with Crippen LogP contribution in [0.2, 0.25) is 0 Å². The van der Waals surface area contributed by atoms with Gasteiger partial charge in [0.15, 0.2) is 0 Å². The summed E-state index contributed by atoms with van der Waals surface area (Å²) in [6.45, 7) is 2.80. The Hall–Kier alpha value is -2.17. The van der Waals surface area contributed by atoms with Crippen LogP contribution in [0.1, 0.15) is 5.69 Å². The van der Waals surface area contributed by atoms with Crippen molar-refractivity contribution in [2.24, 2.45) is 0 Å². The molecule has 1 aromatic heterocycles. The van der Waals surface area contributed by atoms with E-state index in [1.165, 1.54) is 29.1 Å². The van der Waals surface area contributed by atoms with Gasteiger partial charge >= 0.3 is 0 Å². The lowest BCUT2D eigenvalue weighted by Crippen LogP contribution is -2.23. The van der Waals surface area contributed by atoms with Crippen molar-refractivity contribution >= 4 is 5.69 Å². The number of aryl methyl sites for hydroxylation is 1. The van der Waals surface area contributed by atoms with E-state index in [1.54, 1.807) is 19.1 Å². The molecule has 5 heteroatoms. The van der Waals surface area contributed by atoms with Crippen LogP contribution in [0.3, 0.4) is 0 Å². The zero-order chi connectivity index (χ0) is 13.0. The second kappa shape index (κ2) is 5.44. The van der Waals surface area contributed by atoms with Gasteiger partial charge in [0.05, 0.1) is 6.33 Å². The number of nitrogens with one attached hydrogen (secondary N) is 1. The molecule has 0 saturated carbocycles. The van der Waals surface area contributed by atoms with Crippen molar-refractivity contribution < 1.29 is 4.39 Å². The number of nitrogens with zero attached hydrogens (tertiary/aromatic N) is 2. The zero-order valence-corrected chi connectivity index (χ0v) is 10.1. The first-order valence-corrected chi connectivity index (χ1v) is 5.68. The van der Waals surface area contributed by atoms with E-state index in [0.717, 1.165) is 0 Å². The van der Waals surface area contributed by atoms with Crippen molar-refractivity contribution in [2.75, 3.05) is 11.9 Å². The Morgan fingerprint density at radius 2 is 2.22 bits per heavy atom. The van der Waals surface area contributed by atoms with E-state index in [0.29, 0.717) is 24.5 Å². The molecule has 0 aliphatic carbocycles. The van der Waals surface area contributed by atoms with Crippen LogP contribution in [-0.2, 0) is 6.54 Å². The fourth-order valence-corrected chi connectivity index (χ4v) is 1.60. The molecule has 0 aliphatic heterocycles. The molecule has 0 saturated heterocycles. The van der Waals surface area contributed by atoms with Gasteiger partial charge in [0.1, 0.15) is 5.82 Å². The molecule has 0 unspecified atom stereocenters. The van der Waals surface area contributed by atoms with Gasteiger partial charge in [-0.2, -0.15) is 0 Å². The fraction of sp³-hybridized carbons (Fsp3) is 0.231. The third-order valence-electron chi connectivity index (χ3n) is 2.52. The first kappa shape index (κ1) is 12.3. The van der Waals surface area contributed by atoms with Crippen LogP contribution in [0, 0.1) is 12.7 Å². The second-order valence-corrected chi connectivity index (χ2v) is 4.00. The van der Waals surface area contributed by atoms with Gasteiger partial charge in [0.2, 0.25) is 0 Å². The minimum atomic E-state index is -0.283. The number of benzene rings is 1. The summed E-state index contributed by atoms with van der Waals surface area (Å²) in [5.41, 5.74) is 1.32. The lowest BCUT2D eigenvalue weighted by atomic mass is 10.3. The van der Waals surface area contributed by atoms with Gasteiger partial charge in [-0.3, -0.25) is 9.36 Å². The molecule has 2 rings (SSSR count). The quantitative estimate of drug-likeness (QED) is 0.896. The first-order chi connectivity index (χ1) is 8.65. The predicted molar refractivity (Wildman–Crippen MR) is 68.1 cm³/mol. The number of aromatic nitrogens is 2. The second-order valence-electron chi connectivity index (χ2n) is 4.00. The monoisotopic (exact) mass is 247 g/mol. The number of anilines is 1. The van der Waals surface area contributed by atoms with Crippen LogP contribution in [0.25, 0.3) is 0 Å². The minimum absolute atomic E-state index is 0.0801. The Balaban J connectivity index is 1.94. The van der Waals surface area contributed by atoms with Crippen LogP contribution < -0.4 is 10.9 Å². The average Bonchev–Trinajstić information content (AvgIpc) is 2.32. The first-order valence-electron chi connectivity index (χ1n) is 5.68. The SMILES string of the molecule is Cc1cc(=O)n(CCNc2cccc(F)c2)cn1. The Morgan fingerprint density at radius 3 is 2.94 bits per heavy atom. The van der Waals surface area contributed by atoms with Gasteiger partial charge in [-0.1, -0.05) is 6.07 Å². The maximum atomic E-state index is 12.9. The van der Waals surface area contributed by atoms with Crippen LogP contribution >= 0.6 is 0 Å². The maximum Gasteiger partial charge on any atom is 0.253 e. The lowest BCUT2D eigenvalue weighted by molar-refractivity contribution is 0.627. The molecule has 0 aliphatic rings. The molecule has 0 atom stereocenters. The van der Waals surface area contributed by atoms with Crippen molar-refractivity contribution in [3.63, 3.8) is 0 Å². The summed E-state index contributed by atoms with van der Waals surface area (Å²) in [5.74, 6) is -0.283. The van der Waals surface area contributed by atoms with Gasteiger partial charge in [-0.25, -0.2) is 9.37 Å². The summed E-state index contributed by atoms with van der Waals surface area (Å²) in [4.78, 5) is 15.6. The van der Waals surface area contributed by atoms with Crippen molar-refractivity contribution in [2.45, 2.75) is 13.5 Å². The topological polar surface area (TPSA) is 46.9 Å². The summed E-state index contributed by atoms with van der Waals surface area (Å²) in [5, 5.41) is 3.05. The third kappa shape index (κ3) is 3.16. The molecule has 18 heavy (non-hydrogen) atoms. The minimum Gasteiger partial charge on any atom is -0.383 e. The molecule has 0 spiro atoms. The highest BCUT2D eigenvalue weighted by Crippen LogP contribution is 2.08. The Morgan fingerprint density at radius 1 is 1.39 bits per heavy atom. The number of hydrogen-bond acceptors (Lipinski definition) is 3. The highest BCUT2D eigenvalue weighted by atomic mass is 19.1. The van der Waals surface area contributed by atoms with Gasteiger partial charge in [-0.15, -0.1) is 0 Å². The molecule has 0 bridgehead atoms. The van der Waals surface area contributed by atoms with Gasteiger partial charge in [0, 0.05) is 30.5 Å². The lowest BCUT2D eigenvalue weighted by Gasteiger charge is -2.08. The molecule has 4 nitrogen and oxygen atoms in total. The highest BCUT2D eigenvalue weighted by Gasteiger charge is 1.98. The summed E-state index contributed by atoms with van der Waals surface area (Å²) < 4.78 is 14.4. The van der Waals surface area contributed by atoms with Crippen LogP contribution in [0.15, 0.2) is 41.5 Å². The Kier molecular flexibility index (Phi) is 3.72. The molecule has 0 fully saturated rings. The van der Waals surface area contributed by atoms with E-state index in [9.17, 15) is 9.18 Å². The van der Waals surface area contributed by atoms with E-state index < -0.39 is 0 Å².